The lowest BCUT2D eigenvalue weighted by molar-refractivity contribution is -0.162. The molecule has 3 aromatic rings. The zero-order chi connectivity index (χ0) is 21.3. The number of halogens is 1. The number of carbonyl (C=O) groups is 1. The Hall–Kier alpha value is -3.03. The lowest BCUT2D eigenvalue weighted by Crippen LogP contribution is -2.34. The first kappa shape index (κ1) is 20.3. The van der Waals surface area contributed by atoms with E-state index in [2.05, 4.69) is 5.10 Å². The number of nitrogens with zero attached hydrogens (tertiary/aromatic N) is 2. The van der Waals surface area contributed by atoms with Crippen molar-refractivity contribution in [3.8, 4) is 28.4 Å². The molecular weight excluding hydrogens is 408 g/mol. The van der Waals surface area contributed by atoms with Gasteiger partial charge in [-0.05, 0) is 56.3 Å². The number of hydrogen-bond donors (Lipinski definition) is 1. The fourth-order valence-corrected chi connectivity index (χ4v) is 3.21. The van der Waals surface area contributed by atoms with E-state index in [1.54, 1.807) is 10.7 Å². The van der Waals surface area contributed by atoms with Crippen LogP contribution in [-0.2, 0) is 16.1 Å². The molecule has 0 unspecified atom stereocenters. The molecule has 8 heteroatoms. The van der Waals surface area contributed by atoms with Crippen molar-refractivity contribution in [2.45, 2.75) is 26.1 Å². The van der Waals surface area contributed by atoms with Crippen molar-refractivity contribution in [2.75, 3.05) is 13.2 Å². The number of fused-ring (bicyclic) bond motifs is 1. The summed E-state index contributed by atoms with van der Waals surface area (Å²) in [4.78, 5) is 11.3. The zero-order valence-corrected chi connectivity index (χ0v) is 17.3. The van der Waals surface area contributed by atoms with Crippen molar-refractivity contribution < 1.29 is 24.1 Å². The van der Waals surface area contributed by atoms with Crippen molar-refractivity contribution in [3.05, 3.63) is 59.2 Å². The number of aromatic nitrogens is 2. The summed E-state index contributed by atoms with van der Waals surface area (Å²) in [5.41, 5.74) is 1.71. The van der Waals surface area contributed by atoms with Gasteiger partial charge < -0.3 is 19.3 Å². The fourth-order valence-electron chi connectivity index (χ4n) is 3.03. The standard InChI is InChI=1S/C22H21ClN2O5/c1-22(2,21(26)27)30-13-16-12-18(25(24-16)17-5-3-4-15(23)11-17)14-6-7-19-20(10-14)29-9-8-28-19/h3-7,10-12H,8-9,13H2,1-2H3,(H,26,27). The Morgan fingerprint density at radius 1 is 1.17 bits per heavy atom. The normalized spacial score (nSPS) is 13.3. The van der Waals surface area contributed by atoms with Gasteiger partial charge in [-0.25, -0.2) is 9.48 Å². The molecule has 0 fully saturated rings. The Morgan fingerprint density at radius 2 is 1.93 bits per heavy atom. The molecule has 0 saturated carbocycles. The Labute approximate surface area is 178 Å². The van der Waals surface area contributed by atoms with E-state index in [4.69, 9.17) is 25.8 Å². The van der Waals surface area contributed by atoms with Gasteiger partial charge in [0.1, 0.15) is 13.2 Å². The molecular formula is C22H21ClN2O5. The molecule has 0 saturated heterocycles. The monoisotopic (exact) mass is 428 g/mol. The summed E-state index contributed by atoms with van der Waals surface area (Å²) >= 11 is 6.18. The molecule has 30 heavy (non-hydrogen) atoms. The van der Waals surface area contributed by atoms with Gasteiger partial charge in [-0.3, -0.25) is 0 Å². The average molecular weight is 429 g/mol. The van der Waals surface area contributed by atoms with Crippen molar-refractivity contribution in [1.82, 2.24) is 9.78 Å². The first-order chi connectivity index (χ1) is 14.3. The predicted molar refractivity (Wildman–Crippen MR) is 112 cm³/mol. The van der Waals surface area contributed by atoms with Gasteiger partial charge in [0.2, 0.25) is 0 Å². The summed E-state index contributed by atoms with van der Waals surface area (Å²) in [6.07, 6.45) is 0. The van der Waals surface area contributed by atoms with Crippen molar-refractivity contribution in [3.63, 3.8) is 0 Å². The van der Waals surface area contributed by atoms with Gasteiger partial charge in [0.15, 0.2) is 17.1 Å². The second kappa shape index (κ2) is 8.01. The summed E-state index contributed by atoms with van der Waals surface area (Å²) in [6, 6.07) is 14.9. The van der Waals surface area contributed by atoms with Gasteiger partial charge in [0.05, 0.1) is 23.7 Å². The van der Waals surface area contributed by atoms with Crippen LogP contribution >= 0.6 is 11.6 Å². The highest BCUT2D eigenvalue weighted by atomic mass is 35.5. The Morgan fingerprint density at radius 3 is 2.67 bits per heavy atom. The van der Waals surface area contributed by atoms with Crippen molar-refractivity contribution in [2.24, 2.45) is 0 Å². The quantitative estimate of drug-likeness (QED) is 0.628. The number of benzene rings is 2. The van der Waals surface area contributed by atoms with Gasteiger partial charge in [-0.1, -0.05) is 17.7 Å². The Bertz CT molecular complexity index is 1090. The van der Waals surface area contributed by atoms with E-state index in [1.807, 2.05) is 42.5 Å². The maximum Gasteiger partial charge on any atom is 0.335 e. The third kappa shape index (κ3) is 4.13. The summed E-state index contributed by atoms with van der Waals surface area (Å²) in [5.74, 6) is 0.330. The van der Waals surface area contributed by atoms with E-state index in [0.717, 1.165) is 16.9 Å². The summed E-state index contributed by atoms with van der Waals surface area (Å²) < 4.78 is 18.7. The van der Waals surface area contributed by atoms with Crippen LogP contribution in [0.1, 0.15) is 19.5 Å². The molecule has 2 aromatic carbocycles. The summed E-state index contributed by atoms with van der Waals surface area (Å²) in [6.45, 7) is 4.07. The first-order valence-corrected chi connectivity index (χ1v) is 9.83. The molecule has 0 radical (unpaired) electrons. The van der Waals surface area contributed by atoms with E-state index in [0.29, 0.717) is 35.4 Å². The van der Waals surface area contributed by atoms with Crippen LogP contribution in [0.2, 0.25) is 5.02 Å². The molecule has 0 aliphatic carbocycles. The largest absolute Gasteiger partial charge is 0.486 e. The maximum atomic E-state index is 11.3. The summed E-state index contributed by atoms with van der Waals surface area (Å²) in [5, 5.41) is 14.5. The van der Waals surface area contributed by atoms with Crippen molar-refractivity contribution in [1.29, 1.82) is 0 Å². The highest BCUT2D eigenvalue weighted by Gasteiger charge is 2.28. The lowest BCUT2D eigenvalue weighted by Gasteiger charge is -2.19. The fraction of sp³-hybridized carbons (Fsp3) is 0.273. The number of aliphatic carboxylic acids is 1. The Balaban J connectivity index is 1.74. The van der Waals surface area contributed by atoms with Crippen LogP contribution in [0.5, 0.6) is 11.5 Å². The molecule has 156 valence electrons. The lowest BCUT2D eigenvalue weighted by atomic mass is 10.1. The highest BCUT2D eigenvalue weighted by molar-refractivity contribution is 6.30. The van der Waals surface area contributed by atoms with E-state index in [9.17, 15) is 9.90 Å². The highest BCUT2D eigenvalue weighted by Crippen LogP contribution is 2.35. The molecule has 1 N–H and O–H groups in total. The SMILES string of the molecule is CC(C)(OCc1cc(-c2ccc3c(c2)OCCO3)n(-c2cccc(Cl)c2)n1)C(=O)O. The van der Waals surface area contributed by atoms with Gasteiger partial charge in [-0.15, -0.1) is 0 Å². The predicted octanol–water partition coefficient (Wildman–Crippen LogP) is 4.34. The molecule has 7 nitrogen and oxygen atoms in total. The van der Waals surface area contributed by atoms with Crippen LogP contribution in [0.25, 0.3) is 16.9 Å². The average Bonchev–Trinajstić information content (AvgIpc) is 3.16. The second-order valence-corrected chi connectivity index (χ2v) is 7.81. The van der Waals surface area contributed by atoms with Gasteiger partial charge >= 0.3 is 5.97 Å². The molecule has 2 heterocycles. The van der Waals surface area contributed by atoms with Crippen LogP contribution in [0.4, 0.5) is 0 Å². The number of ether oxygens (including phenoxy) is 3. The van der Waals surface area contributed by atoms with E-state index >= 15 is 0 Å². The number of carboxylic acids is 1. The minimum absolute atomic E-state index is 0.0460. The number of rotatable bonds is 6. The van der Waals surface area contributed by atoms with Crippen LogP contribution < -0.4 is 9.47 Å². The Kier molecular flexibility index (Phi) is 5.40. The first-order valence-electron chi connectivity index (χ1n) is 9.46. The minimum atomic E-state index is -1.32. The van der Waals surface area contributed by atoms with E-state index in [-0.39, 0.29) is 6.61 Å². The molecule has 0 atom stereocenters. The van der Waals surface area contributed by atoms with E-state index in [1.165, 1.54) is 13.8 Å². The molecule has 0 amide bonds. The van der Waals surface area contributed by atoms with Crippen LogP contribution in [0.15, 0.2) is 48.5 Å². The summed E-state index contributed by atoms with van der Waals surface area (Å²) in [7, 11) is 0. The molecule has 1 aromatic heterocycles. The molecule has 1 aliphatic rings. The minimum Gasteiger partial charge on any atom is -0.486 e. The second-order valence-electron chi connectivity index (χ2n) is 7.38. The molecule has 0 spiro atoms. The van der Waals surface area contributed by atoms with Crippen molar-refractivity contribution >= 4 is 17.6 Å². The van der Waals surface area contributed by atoms with Gasteiger partial charge in [0.25, 0.3) is 0 Å². The smallest absolute Gasteiger partial charge is 0.335 e. The molecule has 0 bridgehead atoms. The maximum absolute atomic E-state index is 11.3. The third-order valence-corrected chi connectivity index (χ3v) is 4.98. The van der Waals surface area contributed by atoms with Gasteiger partial charge in [0, 0.05) is 10.6 Å². The number of carboxylic acid groups (broad SMARTS) is 1. The topological polar surface area (TPSA) is 82.8 Å². The van der Waals surface area contributed by atoms with Crippen LogP contribution in [0, 0.1) is 0 Å². The molecule has 1 aliphatic heterocycles. The van der Waals surface area contributed by atoms with Crippen LogP contribution in [-0.4, -0.2) is 39.7 Å². The van der Waals surface area contributed by atoms with E-state index < -0.39 is 11.6 Å². The van der Waals surface area contributed by atoms with Crippen LogP contribution in [0.3, 0.4) is 0 Å². The zero-order valence-electron chi connectivity index (χ0n) is 16.6. The number of hydrogen-bond acceptors (Lipinski definition) is 5. The third-order valence-electron chi connectivity index (χ3n) is 4.75. The van der Waals surface area contributed by atoms with Gasteiger partial charge in [-0.2, -0.15) is 5.10 Å². The molecule has 4 rings (SSSR count).